The van der Waals surface area contributed by atoms with Crippen molar-refractivity contribution in [1.29, 1.82) is 0 Å². The summed E-state index contributed by atoms with van der Waals surface area (Å²) < 4.78 is 27.4. The van der Waals surface area contributed by atoms with Gasteiger partial charge in [-0.25, -0.2) is 18.1 Å². The number of rotatable bonds is 4. The maximum Gasteiger partial charge on any atom is 0.242 e. The minimum atomic E-state index is -3.60. The van der Waals surface area contributed by atoms with E-state index in [0.29, 0.717) is 22.6 Å². The van der Waals surface area contributed by atoms with Gasteiger partial charge in [-0.05, 0) is 25.5 Å². The van der Waals surface area contributed by atoms with Gasteiger partial charge in [0.2, 0.25) is 10.0 Å². The molecule has 8 heteroatoms. The Morgan fingerprint density at radius 2 is 2.35 bits per heavy atom. The van der Waals surface area contributed by atoms with Crippen molar-refractivity contribution in [2.75, 3.05) is 13.1 Å². The average molecular weight is 315 g/mol. The van der Waals surface area contributed by atoms with Gasteiger partial charge in [0.25, 0.3) is 0 Å². The van der Waals surface area contributed by atoms with E-state index in [2.05, 4.69) is 20.0 Å². The van der Waals surface area contributed by atoms with Crippen LogP contribution in [0.1, 0.15) is 12.8 Å². The van der Waals surface area contributed by atoms with E-state index < -0.39 is 10.0 Å². The number of H-pyrrole nitrogens is 1. The van der Waals surface area contributed by atoms with E-state index in [1.54, 1.807) is 6.07 Å². The Hall–Kier alpha value is -1.15. The molecule has 1 aliphatic heterocycles. The van der Waals surface area contributed by atoms with E-state index in [9.17, 15) is 8.42 Å². The smallest absolute Gasteiger partial charge is 0.242 e. The molecule has 108 valence electrons. The maximum absolute atomic E-state index is 12.4. The molecule has 0 bridgehead atoms. The lowest BCUT2D eigenvalue weighted by molar-refractivity contribution is 0.552. The largest absolute Gasteiger partial charge is 0.345 e. The van der Waals surface area contributed by atoms with Crippen LogP contribution in [0.3, 0.4) is 0 Å². The molecule has 0 radical (unpaired) electrons. The van der Waals surface area contributed by atoms with Gasteiger partial charge in [-0.2, -0.15) is 0 Å². The number of sulfonamides is 1. The van der Waals surface area contributed by atoms with Crippen molar-refractivity contribution in [2.24, 2.45) is 0 Å². The molecule has 6 nitrogen and oxygen atoms in total. The second-order valence-electron chi connectivity index (χ2n) is 4.81. The summed E-state index contributed by atoms with van der Waals surface area (Å²) in [5.74, 6) is 0. The first-order valence-electron chi connectivity index (χ1n) is 6.42. The molecule has 3 rings (SSSR count). The molecule has 0 amide bonds. The Morgan fingerprint density at radius 3 is 3.10 bits per heavy atom. The van der Waals surface area contributed by atoms with E-state index in [1.807, 2.05) is 0 Å². The zero-order chi connectivity index (χ0) is 14.2. The third kappa shape index (κ3) is 2.54. The van der Waals surface area contributed by atoms with Gasteiger partial charge >= 0.3 is 0 Å². The van der Waals surface area contributed by atoms with Gasteiger partial charge < -0.3 is 10.3 Å². The Balaban J connectivity index is 1.89. The molecular weight excluding hydrogens is 300 g/mol. The number of fused-ring (bicyclic) bond motifs is 1. The molecule has 3 N–H and O–H groups in total. The second kappa shape index (κ2) is 5.33. The standard InChI is InChI=1S/C12H15ClN4O2S/c13-9-3-5-15-12-11(9)10(7-16-12)20(18,19)17-6-8-2-1-4-14-8/h3,5,7-8,14,17H,1-2,4,6H2,(H,15,16). The molecule has 0 saturated carbocycles. The number of nitrogens with zero attached hydrogens (tertiary/aromatic N) is 1. The van der Waals surface area contributed by atoms with Gasteiger partial charge in [-0.1, -0.05) is 11.6 Å². The molecule has 20 heavy (non-hydrogen) atoms. The Kier molecular flexibility index (Phi) is 3.68. The first-order valence-corrected chi connectivity index (χ1v) is 8.29. The maximum atomic E-state index is 12.4. The summed E-state index contributed by atoms with van der Waals surface area (Å²) in [7, 11) is -3.60. The van der Waals surface area contributed by atoms with Gasteiger partial charge in [0.15, 0.2) is 0 Å². The highest BCUT2D eigenvalue weighted by Gasteiger charge is 2.23. The summed E-state index contributed by atoms with van der Waals surface area (Å²) in [6.45, 7) is 1.32. The monoisotopic (exact) mass is 314 g/mol. The van der Waals surface area contributed by atoms with Crippen LogP contribution in [0.2, 0.25) is 5.02 Å². The summed E-state index contributed by atoms with van der Waals surface area (Å²) >= 11 is 6.07. The van der Waals surface area contributed by atoms with Crippen molar-refractivity contribution >= 4 is 32.7 Å². The lowest BCUT2D eigenvalue weighted by atomic mass is 10.2. The zero-order valence-electron chi connectivity index (χ0n) is 10.7. The fraction of sp³-hybridized carbons (Fsp3) is 0.417. The number of aromatic nitrogens is 2. The van der Waals surface area contributed by atoms with Crippen LogP contribution in [0.15, 0.2) is 23.4 Å². The quantitative estimate of drug-likeness (QED) is 0.792. The van der Waals surface area contributed by atoms with E-state index in [0.717, 1.165) is 19.4 Å². The van der Waals surface area contributed by atoms with E-state index in [4.69, 9.17) is 11.6 Å². The van der Waals surface area contributed by atoms with Crippen molar-refractivity contribution in [2.45, 2.75) is 23.8 Å². The number of nitrogens with one attached hydrogen (secondary N) is 3. The number of aromatic amines is 1. The summed E-state index contributed by atoms with van der Waals surface area (Å²) in [5.41, 5.74) is 0.469. The first-order chi connectivity index (χ1) is 9.58. The molecule has 0 aliphatic carbocycles. The molecule has 0 aromatic carbocycles. The van der Waals surface area contributed by atoms with Gasteiger partial charge in [0.05, 0.1) is 10.4 Å². The van der Waals surface area contributed by atoms with Crippen LogP contribution in [-0.4, -0.2) is 37.5 Å². The predicted molar refractivity (Wildman–Crippen MR) is 77.3 cm³/mol. The minimum absolute atomic E-state index is 0.142. The third-order valence-electron chi connectivity index (χ3n) is 3.46. The zero-order valence-corrected chi connectivity index (χ0v) is 12.3. The van der Waals surface area contributed by atoms with Crippen molar-refractivity contribution in [3.63, 3.8) is 0 Å². The minimum Gasteiger partial charge on any atom is -0.345 e. The van der Waals surface area contributed by atoms with Gasteiger partial charge in [-0.3, -0.25) is 0 Å². The SMILES string of the molecule is O=S(=O)(NCC1CCCN1)c1c[nH]c2nccc(Cl)c12. The molecule has 1 saturated heterocycles. The van der Waals surface area contributed by atoms with E-state index in [-0.39, 0.29) is 10.9 Å². The molecule has 1 unspecified atom stereocenters. The van der Waals surface area contributed by atoms with Crippen LogP contribution in [0, 0.1) is 0 Å². The van der Waals surface area contributed by atoms with Crippen molar-refractivity contribution < 1.29 is 8.42 Å². The van der Waals surface area contributed by atoms with Crippen LogP contribution in [0.5, 0.6) is 0 Å². The van der Waals surface area contributed by atoms with Gasteiger partial charge in [0, 0.05) is 25.0 Å². The van der Waals surface area contributed by atoms with E-state index in [1.165, 1.54) is 12.4 Å². The van der Waals surface area contributed by atoms with E-state index >= 15 is 0 Å². The number of hydrogen-bond acceptors (Lipinski definition) is 4. The third-order valence-corrected chi connectivity index (χ3v) is 5.22. The fourth-order valence-corrected chi connectivity index (χ4v) is 3.99. The number of hydrogen-bond donors (Lipinski definition) is 3. The topological polar surface area (TPSA) is 86.9 Å². The Morgan fingerprint density at radius 1 is 1.50 bits per heavy atom. The molecule has 1 atom stereocenters. The highest BCUT2D eigenvalue weighted by molar-refractivity contribution is 7.89. The lowest BCUT2D eigenvalue weighted by Crippen LogP contribution is -2.37. The summed E-state index contributed by atoms with van der Waals surface area (Å²) in [5, 5.41) is 4.05. The van der Waals surface area contributed by atoms with Crippen molar-refractivity contribution in [1.82, 2.24) is 20.0 Å². The molecule has 0 spiro atoms. The van der Waals surface area contributed by atoms with Crippen LogP contribution in [0.4, 0.5) is 0 Å². The molecular formula is C12H15ClN4O2S. The first kappa shape index (κ1) is 13.8. The Labute approximate surface area is 122 Å². The number of halogens is 1. The van der Waals surface area contributed by atoms with Crippen LogP contribution in [0.25, 0.3) is 11.0 Å². The molecule has 3 heterocycles. The predicted octanol–water partition coefficient (Wildman–Crippen LogP) is 1.25. The average Bonchev–Trinajstić information content (AvgIpc) is 3.06. The van der Waals surface area contributed by atoms with Crippen LogP contribution < -0.4 is 10.0 Å². The van der Waals surface area contributed by atoms with Crippen molar-refractivity contribution in [3.8, 4) is 0 Å². The second-order valence-corrected chi connectivity index (χ2v) is 6.96. The highest BCUT2D eigenvalue weighted by Crippen LogP contribution is 2.28. The van der Waals surface area contributed by atoms with Gasteiger partial charge in [0.1, 0.15) is 10.5 Å². The summed E-state index contributed by atoms with van der Waals surface area (Å²) in [4.78, 5) is 7.04. The highest BCUT2D eigenvalue weighted by atomic mass is 35.5. The summed E-state index contributed by atoms with van der Waals surface area (Å²) in [6, 6.07) is 1.78. The number of pyridine rings is 1. The van der Waals surface area contributed by atoms with Gasteiger partial charge in [-0.15, -0.1) is 0 Å². The molecule has 1 aliphatic rings. The summed E-state index contributed by atoms with van der Waals surface area (Å²) in [6.07, 6.45) is 5.02. The normalized spacial score (nSPS) is 19.8. The lowest BCUT2D eigenvalue weighted by Gasteiger charge is -2.11. The fourth-order valence-electron chi connectivity index (χ4n) is 2.42. The van der Waals surface area contributed by atoms with Crippen molar-refractivity contribution in [3.05, 3.63) is 23.5 Å². The van der Waals surface area contributed by atoms with Crippen LogP contribution >= 0.6 is 11.6 Å². The Bertz CT molecular complexity index is 722. The van der Waals surface area contributed by atoms with Crippen LogP contribution in [-0.2, 0) is 10.0 Å². The molecule has 2 aromatic rings. The molecule has 1 fully saturated rings. The molecule has 2 aromatic heterocycles.